The van der Waals surface area contributed by atoms with Crippen LogP contribution in [0.15, 0.2) is 104 Å². The van der Waals surface area contributed by atoms with Crippen molar-refractivity contribution >= 4 is 70.9 Å². The van der Waals surface area contributed by atoms with Crippen molar-refractivity contribution in [2.75, 3.05) is 17.9 Å². The van der Waals surface area contributed by atoms with Gasteiger partial charge in [-0.05, 0) is 76.7 Å². The molecular formula is C30H23N6Na3O8S2. The molecule has 14 nitrogen and oxygen atoms in total. The number of anilines is 3. The standard InChI is InChI=1S/C30H25N6O8S2.3Na/c1-17-12-25(26(44-2)16-24(17)34-33-21-9-11-23(31)27(15-21)45(38,39)40)35-36-29-28(46(41,42)43)14-18-13-20(8-10-22(18)30(29)37)32-19-6-4-3-5-7-19;;;/h3-14,16,31-32,34,37H,1-2H3,(H,38,39,40)(H,41,42,43);;;/q-1;3*+1/p-2/b31-23?,33-21-,36-35?;;;. The zero-order chi connectivity index (χ0) is 33.2. The summed E-state index contributed by atoms with van der Waals surface area (Å²) in [7, 11) is -8.72. The number of phenolic OH excluding ortho intramolecular Hbond substituents is 1. The van der Waals surface area contributed by atoms with Crippen LogP contribution in [0, 0.1) is 18.4 Å². The zero-order valence-corrected chi connectivity index (χ0v) is 34.6. The van der Waals surface area contributed by atoms with E-state index in [0.717, 1.165) is 17.8 Å². The molecule has 0 saturated carbocycles. The number of benzene rings is 4. The number of rotatable bonds is 9. The van der Waals surface area contributed by atoms with Gasteiger partial charge in [-0.1, -0.05) is 18.2 Å². The zero-order valence-electron chi connectivity index (χ0n) is 27.0. The summed E-state index contributed by atoms with van der Waals surface area (Å²) in [6.45, 7) is 1.66. The van der Waals surface area contributed by atoms with Gasteiger partial charge in [0, 0.05) is 22.8 Å². The number of allylic oxidation sites excluding steroid dienone is 4. The molecule has 0 saturated heterocycles. The summed E-state index contributed by atoms with van der Waals surface area (Å²) in [5.74, 6) is -0.437. The fourth-order valence-electron chi connectivity index (χ4n) is 4.39. The Bertz CT molecular complexity index is 2250. The molecular weight excluding hydrogens is 705 g/mol. The summed E-state index contributed by atoms with van der Waals surface area (Å²) in [5, 5.41) is 34.3. The van der Waals surface area contributed by atoms with Gasteiger partial charge in [-0.25, -0.2) is 21.9 Å². The molecule has 0 spiro atoms. The maximum absolute atomic E-state index is 12.3. The van der Waals surface area contributed by atoms with Crippen LogP contribution >= 0.6 is 0 Å². The third kappa shape index (κ3) is 10.3. The van der Waals surface area contributed by atoms with Crippen molar-refractivity contribution in [1.29, 1.82) is 5.41 Å². The second-order valence-electron chi connectivity index (χ2n) is 9.76. The van der Waals surface area contributed by atoms with E-state index in [1.165, 1.54) is 25.3 Å². The number of phenols is 1. The van der Waals surface area contributed by atoms with Crippen LogP contribution in [0.4, 0.5) is 28.4 Å². The Hall–Kier alpha value is -2.42. The number of azo groups is 1. The van der Waals surface area contributed by atoms with Crippen LogP contribution < -0.4 is 104 Å². The summed E-state index contributed by atoms with van der Waals surface area (Å²) < 4.78 is 76.3. The molecule has 1 aliphatic rings. The fourth-order valence-corrected chi connectivity index (χ4v) is 5.60. The van der Waals surface area contributed by atoms with E-state index in [0.29, 0.717) is 16.9 Å². The minimum atomic E-state index is -5.11. The molecule has 0 amide bonds. The number of hydrazone groups is 1. The van der Waals surface area contributed by atoms with Gasteiger partial charge >= 0.3 is 88.7 Å². The maximum atomic E-state index is 12.3. The van der Waals surface area contributed by atoms with Crippen LogP contribution in [0.1, 0.15) is 5.56 Å². The van der Waals surface area contributed by atoms with Gasteiger partial charge in [0.15, 0.2) is 5.75 Å². The van der Waals surface area contributed by atoms with Crippen molar-refractivity contribution in [3.05, 3.63) is 95.4 Å². The van der Waals surface area contributed by atoms with Gasteiger partial charge in [0.1, 0.15) is 37.4 Å². The molecule has 5 rings (SSSR count). The number of fused-ring (bicyclic) bond motifs is 1. The second kappa shape index (κ2) is 17.7. The van der Waals surface area contributed by atoms with Crippen molar-refractivity contribution in [1.82, 2.24) is 0 Å². The first-order chi connectivity index (χ1) is 21.7. The molecule has 4 aromatic rings. The van der Waals surface area contributed by atoms with Gasteiger partial charge < -0.3 is 29.7 Å². The topological polar surface area (TPSA) is 229 Å². The van der Waals surface area contributed by atoms with Crippen LogP contribution in [0.25, 0.3) is 10.8 Å². The van der Waals surface area contributed by atoms with Crippen LogP contribution in [-0.2, 0) is 20.2 Å². The Balaban J connectivity index is 0.00000278. The number of aromatic hydroxyl groups is 1. The van der Waals surface area contributed by atoms with E-state index in [9.17, 15) is 31.0 Å². The molecule has 0 atom stereocenters. The summed E-state index contributed by atoms with van der Waals surface area (Å²) in [6.07, 6.45) is 4.67. The third-order valence-corrected chi connectivity index (χ3v) is 8.28. The molecule has 49 heavy (non-hydrogen) atoms. The first-order valence-corrected chi connectivity index (χ1v) is 15.9. The van der Waals surface area contributed by atoms with E-state index < -0.39 is 47.2 Å². The van der Waals surface area contributed by atoms with Gasteiger partial charge in [-0.2, -0.15) is 0 Å². The molecule has 4 aromatic carbocycles. The molecule has 0 fully saturated rings. The minimum Gasteiger partial charge on any atom is -0.746 e. The van der Waals surface area contributed by atoms with Crippen LogP contribution in [0.3, 0.4) is 0 Å². The fraction of sp³-hybridized carbons (Fsp3) is 0.0667. The molecule has 0 bridgehead atoms. The summed E-state index contributed by atoms with van der Waals surface area (Å²) in [4.78, 5) is -1.62. The monoisotopic (exact) mass is 728 g/mol. The molecule has 0 aliphatic heterocycles. The van der Waals surface area contributed by atoms with Crippen molar-refractivity contribution in [3.63, 3.8) is 0 Å². The Morgan fingerprint density at radius 1 is 0.878 bits per heavy atom. The first kappa shape index (κ1) is 42.7. The van der Waals surface area contributed by atoms with Gasteiger partial charge in [0.05, 0.1) is 17.7 Å². The average Bonchev–Trinajstić information content (AvgIpc) is 3.00. The van der Waals surface area contributed by atoms with E-state index >= 15 is 0 Å². The molecule has 0 radical (unpaired) electrons. The smallest absolute Gasteiger partial charge is 0.746 e. The van der Waals surface area contributed by atoms with Crippen molar-refractivity contribution in [2.24, 2.45) is 15.3 Å². The Morgan fingerprint density at radius 3 is 2.20 bits per heavy atom. The van der Waals surface area contributed by atoms with E-state index in [4.69, 9.17) is 10.1 Å². The van der Waals surface area contributed by atoms with E-state index in [-0.39, 0.29) is 117 Å². The quantitative estimate of drug-likeness (QED) is 0.0332. The van der Waals surface area contributed by atoms with E-state index in [1.54, 1.807) is 25.1 Å². The Labute approximate surface area is 348 Å². The van der Waals surface area contributed by atoms with Crippen LogP contribution in [0.5, 0.6) is 11.5 Å². The number of nitrogens with one attached hydrogen (secondary N) is 3. The van der Waals surface area contributed by atoms with E-state index in [2.05, 4.69) is 32.1 Å². The number of nitrogens with zero attached hydrogens (tertiary/aromatic N) is 3. The molecule has 0 heterocycles. The van der Waals surface area contributed by atoms with Crippen molar-refractivity contribution in [2.45, 2.75) is 11.8 Å². The van der Waals surface area contributed by atoms with Gasteiger partial charge in [0.25, 0.3) is 0 Å². The predicted octanol–water partition coefficient (Wildman–Crippen LogP) is -3.47. The maximum Gasteiger partial charge on any atom is 1.00 e. The van der Waals surface area contributed by atoms with Crippen molar-refractivity contribution in [3.8, 4) is 11.5 Å². The molecule has 236 valence electrons. The second-order valence-corrected chi connectivity index (χ2v) is 12.4. The predicted molar refractivity (Wildman–Crippen MR) is 170 cm³/mol. The normalized spacial score (nSPS) is 13.7. The van der Waals surface area contributed by atoms with Gasteiger partial charge in [-0.15, -0.1) is 28.5 Å². The number of ether oxygens (including phenoxy) is 1. The molecule has 0 aromatic heterocycles. The van der Waals surface area contributed by atoms with Crippen LogP contribution in [0.2, 0.25) is 0 Å². The SMILES string of the molecule is COc1cc(N/N=C2\[C-]=C(S(=O)(=O)[O-])C(=N)C=C2)c(C)cc1N=Nc1c(S(=O)(=O)[O-])cc2cc(Nc3ccccc3)ccc2c1O.[Na+].[Na+].[Na+]. The molecule has 0 unspecified atom stereocenters. The average molecular weight is 729 g/mol. The summed E-state index contributed by atoms with van der Waals surface area (Å²) in [5.41, 5.74) is 3.91. The number of para-hydroxylation sites is 1. The molecule has 4 N–H and O–H groups in total. The number of hydrogen-bond donors (Lipinski definition) is 4. The number of hydrogen-bond acceptors (Lipinski definition) is 14. The third-order valence-electron chi connectivity index (χ3n) is 6.61. The Morgan fingerprint density at radius 2 is 1.57 bits per heavy atom. The summed E-state index contributed by atoms with van der Waals surface area (Å²) in [6, 6.07) is 18.1. The van der Waals surface area contributed by atoms with Gasteiger partial charge in [0.2, 0.25) is 0 Å². The number of aryl methyl sites for hydroxylation is 1. The first-order valence-electron chi connectivity index (χ1n) is 13.1. The van der Waals surface area contributed by atoms with E-state index in [1.807, 2.05) is 30.3 Å². The Kier molecular flexibility index (Phi) is 15.4. The largest absolute Gasteiger partial charge is 1.00 e. The minimum absolute atomic E-state index is 0. The molecule has 19 heteroatoms. The van der Waals surface area contributed by atoms with Crippen LogP contribution in [-0.4, -0.2) is 49.6 Å². The molecule has 1 aliphatic carbocycles. The number of methoxy groups -OCH3 is 1. The summed E-state index contributed by atoms with van der Waals surface area (Å²) >= 11 is 0. The van der Waals surface area contributed by atoms with Gasteiger partial charge in [-0.3, -0.25) is 5.43 Å². The van der Waals surface area contributed by atoms with Crippen molar-refractivity contribution < 1.29 is 124 Å².